The smallest absolute Gasteiger partial charge is 0.305 e. The van der Waals surface area contributed by atoms with Crippen LogP contribution in [0.2, 0.25) is 0 Å². The lowest BCUT2D eigenvalue weighted by molar-refractivity contribution is -0.151. The van der Waals surface area contributed by atoms with Gasteiger partial charge < -0.3 is 47.7 Å². The van der Waals surface area contributed by atoms with E-state index >= 15 is 0 Å². The number of allylic oxidation sites excluding steroid dienone is 8. The molecule has 0 amide bonds. The van der Waals surface area contributed by atoms with Gasteiger partial charge >= 0.3 is 47.8 Å². The van der Waals surface area contributed by atoms with Crippen LogP contribution in [0, 0.1) is 11.8 Å². The minimum atomic E-state index is -0.494. The first-order valence-corrected chi connectivity index (χ1v) is 34.6. The molecule has 0 aromatic heterocycles. The third-order valence-corrected chi connectivity index (χ3v) is 14.6. The van der Waals surface area contributed by atoms with E-state index in [9.17, 15) is 38.4 Å². The third-order valence-electron chi connectivity index (χ3n) is 14.6. The maximum absolute atomic E-state index is 13.3. The molecule has 0 saturated heterocycles. The summed E-state index contributed by atoms with van der Waals surface area (Å²) in [6, 6.07) is 0. The summed E-state index contributed by atoms with van der Waals surface area (Å²) < 4.78 is 45.0. The van der Waals surface area contributed by atoms with Crippen molar-refractivity contribution in [3.63, 3.8) is 0 Å². The lowest BCUT2D eigenvalue weighted by atomic mass is 10.1. The predicted molar refractivity (Wildman–Crippen MR) is 350 cm³/mol. The Bertz CT molecular complexity index is 1690. The first kappa shape index (κ1) is 83.6. The molecular formula is C71H122N2O16. The molecule has 0 unspecified atom stereocenters. The highest BCUT2D eigenvalue weighted by Gasteiger charge is 2.24. The lowest BCUT2D eigenvalue weighted by Gasteiger charge is -2.31. The van der Waals surface area contributed by atoms with Gasteiger partial charge in [0.15, 0.2) is 0 Å². The fourth-order valence-electron chi connectivity index (χ4n) is 9.27. The van der Waals surface area contributed by atoms with Gasteiger partial charge in [-0.15, -0.1) is 0 Å². The minimum absolute atomic E-state index is 0.0715. The molecule has 0 radical (unpaired) electrons. The molecule has 0 fully saturated rings. The summed E-state index contributed by atoms with van der Waals surface area (Å²) in [6.45, 7) is 17.4. The van der Waals surface area contributed by atoms with Gasteiger partial charge in [0.25, 0.3) is 0 Å². The zero-order valence-electron chi connectivity index (χ0n) is 56.4. The SMILES string of the molecule is CC/C=C\CCCCOC(=O)CCCCC(=O)OCC(COC(=O)CCCCC(=O)OCCCC/C=C\CC)CN(CCCN(CC)CC)CC(COC(=O)CCCCC(=O)OCCCC/C=C\CC)COC(=O)CCCCC(=O)OCCCC/C=C\CC. The molecule has 0 saturated carbocycles. The van der Waals surface area contributed by atoms with Crippen LogP contribution in [-0.4, -0.2) is 150 Å². The highest BCUT2D eigenvalue weighted by Crippen LogP contribution is 2.16. The van der Waals surface area contributed by atoms with E-state index in [0.717, 1.165) is 129 Å². The van der Waals surface area contributed by atoms with E-state index in [1.54, 1.807) is 0 Å². The molecule has 0 atom stereocenters. The van der Waals surface area contributed by atoms with Crippen molar-refractivity contribution in [2.24, 2.45) is 11.8 Å². The van der Waals surface area contributed by atoms with E-state index in [1.165, 1.54) is 0 Å². The molecule has 0 aliphatic rings. The van der Waals surface area contributed by atoms with Crippen molar-refractivity contribution in [1.29, 1.82) is 0 Å². The molecule has 0 heterocycles. The Morgan fingerprint density at radius 2 is 0.494 bits per heavy atom. The largest absolute Gasteiger partial charge is 0.466 e. The molecule has 18 heteroatoms. The van der Waals surface area contributed by atoms with Crippen LogP contribution in [0.4, 0.5) is 0 Å². The quantitative estimate of drug-likeness (QED) is 0.0239. The van der Waals surface area contributed by atoms with Crippen molar-refractivity contribution >= 4 is 47.8 Å². The number of hydrogen-bond donors (Lipinski definition) is 0. The van der Waals surface area contributed by atoms with Crippen molar-refractivity contribution in [3.05, 3.63) is 48.6 Å². The van der Waals surface area contributed by atoms with Gasteiger partial charge in [0, 0.05) is 76.3 Å². The highest BCUT2D eigenvalue weighted by atomic mass is 16.6. The zero-order chi connectivity index (χ0) is 65.5. The van der Waals surface area contributed by atoms with E-state index in [1.807, 2.05) is 0 Å². The Hall–Kier alpha value is -5.36. The summed E-state index contributed by atoms with van der Waals surface area (Å²) in [5.74, 6) is -4.00. The molecule has 0 aromatic carbocycles. The van der Waals surface area contributed by atoms with Gasteiger partial charge in [0.05, 0.1) is 52.9 Å². The average molecular weight is 1260 g/mol. The van der Waals surface area contributed by atoms with Crippen molar-refractivity contribution in [3.8, 4) is 0 Å². The predicted octanol–water partition coefficient (Wildman–Crippen LogP) is 14.4. The summed E-state index contributed by atoms with van der Waals surface area (Å²) in [5, 5.41) is 0. The van der Waals surface area contributed by atoms with E-state index < -0.39 is 35.7 Å². The summed E-state index contributed by atoms with van der Waals surface area (Å²) >= 11 is 0. The summed E-state index contributed by atoms with van der Waals surface area (Å²) in [4.78, 5) is 107. The van der Waals surface area contributed by atoms with Crippen LogP contribution in [-0.2, 0) is 76.3 Å². The van der Waals surface area contributed by atoms with Crippen LogP contribution in [0.25, 0.3) is 0 Å². The first-order chi connectivity index (χ1) is 43.3. The molecule has 18 nitrogen and oxygen atoms in total. The summed E-state index contributed by atoms with van der Waals surface area (Å²) in [7, 11) is 0. The number of unbranched alkanes of at least 4 members (excludes halogenated alkanes) is 12. The van der Waals surface area contributed by atoms with Crippen LogP contribution >= 0.6 is 0 Å². The number of esters is 8. The Balaban J connectivity index is 6.20. The van der Waals surface area contributed by atoms with E-state index in [0.29, 0.717) is 97.4 Å². The van der Waals surface area contributed by atoms with Crippen LogP contribution in [0.1, 0.15) is 253 Å². The van der Waals surface area contributed by atoms with Crippen LogP contribution in [0.3, 0.4) is 0 Å². The molecule has 0 aliphatic carbocycles. The maximum atomic E-state index is 13.3. The minimum Gasteiger partial charge on any atom is -0.466 e. The van der Waals surface area contributed by atoms with E-state index in [-0.39, 0.29) is 102 Å². The van der Waals surface area contributed by atoms with Crippen LogP contribution in [0.5, 0.6) is 0 Å². The van der Waals surface area contributed by atoms with Crippen molar-refractivity contribution in [1.82, 2.24) is 9.80 Å². The van der Waals surface area contributed by atoms with Crippen molar-refractivity contribution in [2.45, 2.75) is 253 Å². The fourth-order valence-corrected chi connectivity index (χ4v) is 9.27. The molecular weight excluding hydrogens is 1140 g/mol. The highest BCUT2D eigenvalue weighted by molar-refractivity contribution is 5.72. The number of rotatable bonds is 62. The molecule has 512 valence electrons. The maximum Gasteiger partial charge on any atom is 0.305 e. The molecule has 0 aliphatic heterocycles. The van der Waals surface area contributed by atoms with Crippen LogP contribution in [0.15, 0.2) is 48.6 Å². The Morgan fingerprint density at radius 1 is 0.270 bits per heavy atom. The molecule has 0 bridgehead atoms. The van der Waals surface area contributed by atoms with Gasteiger partial charge in [0.2, 0.25) is 0 Å². The second-order valence-corrected chi connectivity index (χ2v) is 22.8. The average Bonchev–Trinajstić information content (AvgIpc) is 3.65. The Morgan fingerprint density at radius 3 is 0.719 bits per heavy atom. The number of carbonyl (C=O) groups is 8. The normalized spacial score (nSPS) is 11.7. The van der Waals surface area contributed by atoms with E-state index in [2.05, 4.69) is 100.0 Å². The second kappa shape index (κ2) is 62.8. The summed E-state index contributed by atoms with van der Waals surface area (Å²) in [6.07, 6.45) is 37.0. The van der Waals surface area contributed by atoms with Gasteiger partial charge in [-0.1, -0.05) is 90.2 Å². The molecule has 0 N–H and O–H groups in total. The van der Waals surface area contributed by atoms with Gasteiger partial charge in [-0.2, -0.15) is 0 Å². The van der Waals surface area contributed by atoms with Crippen molar-refractivity contribution in [2.75, 3.05) is 92.1 Å². The van der Waals surface area contributed by atoms with Crippen LogP contribution < -0.4 is 0 Å². The van der Waals surface area contributed by atoms with Crippen molar-refractivity contribution < 1.29 is 76.3 Å². The Labute approximate surface area is 537 Å². The monoisotopic (exact) mass is 1260 g/mol. The third kappa shape index (κ3) is 57.5. The standard InChI is InChI=1S/C71H122N2O16/c1-7-13-17-21-25-37-52-82-64(74)42-29-33-46-68(78)86-58-62(59-87-69(79)47-34-30-43-65(75)83-53-38-26-22-18-14-8-2)56-73(51-41-50-72(11-5)12-6)57-63(60-88-70(80)48-35-31-44-66(76)84-54-39-27-23-19-15-9-3)61-89-71(81)49-36-32-45-67(77)85-55-40-28-24-20-16-10-4/h13-20,62-63H,7-12,21-61H2,1-6H3/b17-13-,18-14-,19-15-,20-16-. The number of carbonyl (C=O) groups excluding carboxylic acids is 8. The first-order valence-electron chi connectivity index (χ1n) is 34.6. The Kier molecular flexibility index (Phi) is 59.0. The molecule has 89 heavy (non-hydrogen) atoms. The second-order valence-electron chi connectivity index (χ2n) is 22.8. The lowest BCUT2D eigenvalue weighted by Crippen LogP contribution is -2.41. The summed E-state index contributed by atoms with van der Waals surface area (Å²) in [5.41, 5.74) is 0. The number of ether oxygens (including phenoxy) is 8. The van der Waals surface area contributed by atoms with Gasteiger partial charge in [-0.3, -0.25) is 38.4 Å². The fraction of sp³-hybridized carbons (Fsp3) is 0.775. The van der Waals surface area contributed by atoms with Gasteiger partial charge in [-0.25, -0.2) is 0 Å². The molecule has 0 spiro atoms. The number of nitrogens with zero attached hydrogens (tertiary/aromatic N) is 2. The number of hydrogen-bond acceptors (Lipinski definition) is 18. The molecule has 0 rings (SSSR count). The van der Waals surface area contributed by atoms with Gasteiger partial charge in [-0.05, 0) is 187 Å². The van der Waals surface area contributed by atoms with Gasteiger partial charge in [0.1, 0.15) is 0 Å². The zero-order valence-corrected chi connectivity index (χ0v) is 56.4. The van der Waals surface area contributed by atoms with E-state index in [4.69, 9.17) is 37.9 Å². The topological polar surface area (TPSA) is 217 Å². The molecule has 0 aromatic rings.